The molecule has 0 fully saturated rings. The minimum absolute atomic E-state index is 0.193. The van der Waals surface area contributed by atoms with E-state index < -0.39 is 18.0 Å². The van der Waals surface area contributed by atoms with Gasteiger partial charge in [0.2, 0.25) is 0 Å². The Morgan fingerprint density at radius 1 is 1.36 bits per heavy atom. The number of carbonyl (C=O) groups is 2. The van der Waals surface area contributed by atoms with E-state index in [1.807, 2.05) is 0 Å². The second kappa shape index (κ2) is 4.45. The molecule has 11 heavy (non-hydrogen) atoms. The highest BCUT2D eigenvalue weighted by Gasteiger charge is 2.09. The van der Waals surface area contributed by atoms with Gasteiger partial charge in [-0.25, -0.2) is 9.59 Å². The minimum atomic E-state index is -1.52. The molecule has 0 aliphatic heterocycles. The fourth-order valence-corrected chi connectivity index (χ4v) is 0.399. The van der Waals surface area contributed by atoms with Gasteiger partial charge < -0.3 is 15.3 Å². The van der Waals surface area contributed by atoms with Gasteiger partial charge in [0.15, 0.2) is 6.10 Å². The lowest BCUT2D eigenvalue weighted by Crippen LogP contribution is -2.18. The van der Waals surface area contributed by atoms with Crippen LogP contribution in [0.25, 0.3) is 0 Å². The van der Waals surface area contributed by atoms with Crippen LogP contribution in [0.3, 0.4) is 0 Å². The third kappa shape index (κ3) is 5.10. The molecule has 0 spiro atoms. The first kappa shape index (κ1) is 9.64. The maximum absolute atomic E-state index is 9.94. The van der Waals surface area contributed by atoms with Crippen molar-refractivity contribution < 1.29 is 24.9 Å². The van der Waals surface area contributed by atoms with E-state index in [0.29, 0.717) is 0 Å². The normalized spacial score (nSPS) is 13.2. The first-order chi connectivity index (χ1) is 5.04. The second-order valence-electron chi connectivity index (χ2n) is 1.83. The number of hydrogen-bond donors (Lipinski definition) is 3. The molecule has 0 aliphatic carbocycles. The van der Waals surface area contributed by atoms with Crippen LogP contribution in [-0.4, -0.2) is 33.4 Å². The van der Waals surface area contributed by atoms with Crippen LogP contribution >= 0.6 is 0 Å². The van der Waals surface area contributed by atoms with Crippen molar-refractivity contribution in [3.63, 3.8) is 0 Å². The first-order valence-corrected chi connectivity index (χ1v) is 2.84. The van der Waals surface area contributed by atoms with Gasteiger partial charge in [-0.2, -0.15) is 0 Å². The third-order valence-electron chi connectivity index (χ3n) is 0.905. The van der Waals surface area contributed by atoms with E-state index in [-0.39, 0.29) is 6.42 Å². The summed E-state index contributed by atoms with van der Waals surface area (Å²) >= 11 is 0. The molecular weight excluding hydrogens is 152 g/mol. The van der Waals surface area contributed by atoms with Crippen molar-refractivity contribution in [2.24, 2.45) is 0 Å². The van der Waals surface area contributed by atoms with Crippen LogP contribution < -0.4 is 0 Å². The van der Waals surface area contributed by atoms with E-state index in [2.05, 4.69) is 0 Å². The fourth-order valence-electron chi connectivity index (χ4n) is 0.399. The largest absolute Gasteiger partial charge is 0.479 e. The van der Waals surface area contributed by atoms with E-state index in [0.717, 1.165) is 12.2 Å². The van der Waals surface area contributed by atoms with Gasteiger partial charge >= 0.3 is 11.9 Å². The molecule has 0 unspecified atom stereocenters. The van der Waals surface area contributed by atoms with Crippen molar-refractivity contribution >= 4 is 11.9 Å². The van der Waals surface area contributed by atoms with Gasteiger partial charge in [-0.1, -0.05) is 6.08 Å². The molecule has 1 atom stereocenters. The summed E-state index contributed by atoms with van der Waals surface area (Å²) in [5.41, 5.74) is 0. The van der Waals surface area contributed by atoms with Crippen LogP contribution in [0, 0.1) is 0 Å². The molecule has 0 rings (SSSR count). The average molecular weight is 160 g/mol. The SMILES string of the molecule is O=C(O)C=CC[C@@H](O)C(=O)O. The highest BCUT2D eigenvalue weighted by Crippen LogP contribution is 1.92. The third-order valence-corrected chi connectivity index (χ3v) is 0.905. The topological polar surface area (TPSA) is 94.8 Å². The molecule has 0 aromatic rings. The van der Waals surface area contributed by atoms with Crippen molar-refractivity contribution in [3.05, 3.63) is 12.2 Å². The first-order valence-electron chi connectivity index (χ1n) is 2.84. The minimum Gasteiger partial charge on any atom is -0.479 e. The Labute approximate surface area is 62.6 Å². The summed E-state index contributed by atoms with van der Waals surface area (Å²) in [4.78, 5) is 19.8. The van der Waals surface area contributed by atoms with E-state index >= 15 is 0 Å². The molecule has 0 heterocycles. The molecule has 5 heteroatoms. The molecule has 0 amide bonds. The molecule has 0 saturated carbocycles. The quantitative estimate of drug-likeness (QED) is 0.480. The zero-order valence-corrected chi connectivity index (χ0v) is 5.60. The number of hydrogen-bond acceptors (Lipinski definition) is 3. The molecule has 0 aromatic heterocycles. The maximum Gasteiger partial charge on any atom is 0.332 e. The van der Waals surface area contributed by atoms with Gasteiger partial charge in [-0.05, 0) is 0 Å². The Morgan fingerprint density at radius 2 is 1.91 bits per heavy atom. The Morgan fingerprint density at radius 3 is 2.27 bits per heavy atom. The van der Waals surface area contributed by atoms with E-state index in [9.17, 15) is 9.59 Å². The van der Waals surface area contributed by atoms with Crippen LogP contribution in [0.5, 0.6) is 0 Å². The van der Waals surface area contributed by atoms with Crippen molar-refractivity contribution in [2.75, 3.05) is 0 Å². The smallest absolute Gasteiger partial charge is 0.332 e. The molecule has 3 N–H and O–H groups in total. The molecule has 0 radical (unpaired) electrons. The number of rotatable bonds is 4. The second-order valence-corrected chi connectivity index (χ2v) is 1.83. The van der Waals surface area contributed by atoms with Crippen molar-refractivity contribution in [2.45, 2.75) is 12.5 Å². The van der Waals surface area contributed by atoms with Gasteiger partial charge in [0.05, 0.1) is 0 Å². The van der Waals surface area contributed by atoms with Gasteiger partial charge in [-0.3, -0.25) is 0 Å². The lowest BCUT2D eigenvalue weighted by atomic mass is 10.2. The summed E-state index contributed by atoms with van der Waals surface area (Å²) in [6.07, 6.45) is 0.153. The molecule has 62 valence electrons. The molecule has 0 saturated heterocycles. The number of aliphatic hydroxyl groups is 1. The van der Waals surface area contributed by atoms with Gasteiger partial charge in [0.1, 0.15) is 0 Å². The monoisotopic (exact) mass is 160 g/mol. The van der Waals surface area contributed by atoms with Crippen LogP contribution in [0.15, 0.2) is 12.2 Å². The molecular formula is C6H8O5. The molecule has 5 nitrogen and oxygen atoms in total. The van der Waals surface area contributed by atoms with Crippen LogP contribution in [0.1, 0.15) is 6.42 Å². The fraction of sp³-hybridized carbons (Fsp3) is 0.333. The van der Waals surface area contributed by atoms with Crippen LogP contribution in [0.2, 0.25) is 0 Å². The van der Waals surface area contributed by atoms with Crippen molar-refractivity contribution in [1.82, 2.24) is 0 Å². The summed E-state index contributed by atoms with van der Waals surface area (Å²) in [7, 11) is 0. The summed E-state index contributed by atoms with van der Waals surface area (Å²) in [6, 6.07) is 0. The zero-order valence-electron chi connectivity index (χ0n) is 5.60. The average Bonchev–Trinajstić information content (AvgIpc) is 1.86. The van der Waals surface area contributed by atoms with Crippen molar-refractivity contribution in [1.29, 1.82) is 0 Å². The Balaban J connectivity index is 3.70. The van der Waals surface area contributed by atoms with E-state index in [4.69, 9.17) is 15.3 Å². The summed E-state index contributed by atoms with van der Waals surface area (Å²) in [6.45, 7) is 0. The molecule has 0 aromatic carbocycles. The predicted octanol–water partition coefficient (Wildman–Crippen LogP) is -0.537. The number of aliphatic hydroxyl groups excluding tert-OH is 1. The zero-order chi connectivity index (χ0) is 8.85. The number of aliphatic carboxylic acids is 2. The van der Waals surface area contributed by atoms with Gasteiger partial charge in [0, 0.05) is 12.5 Å². The van der Waals surface area contributed by atoms with Gasteiger partial charge in [-0.15, -0.1) is 0 Å². The number of carboxylic acids is 2. The Kier molecular flexibility index (Phi) is 3.90. The lowest BCUT2D eigenvalue weighted by molar-refractivity contribution is -0.146. The molecule has 0 aliphatic rings. The summed E-state index contributed by atoms with van der Waals surface area (Å²) < 4.78 is 0. The molecule has 0 bridgehead atoms. The van der Waals surface area contributed by atoms with Crippen molar-refractivity contribution in [3.8, 4) is 0 Å². The number of carboxylic acid groups (broad SMARTS) is 2. The summed E-state index contributed by atoms with van der Waals surface area (Å²) in [5, 5.41) is 24.8. The highest BCUT2D eigenvalue weighted by atomic mass is 16.4. The van der Waals surface area contributed by atoms with Gasteiger partial charge in [0.25, 0.3) is 0 Å². The van der Waals surface area contributed by atoms with Crippen LogP contribution in [-0.2, 0) is 9.59 Å². The standard InChI is InChI=1S/C6H8O5/c7-4(6(10)11)2-1-3-5(8)9/h1,3-4,7H,2H2,(H,8,9)(H,10,11)/t4-/m1/s1. The Hall–Kier alpha value is -1.36. The Bertz CT molecular complexity index is 183. The summed E-state index contributed by atoms with van der Waals surface area (Å²) in [5.74, 6) is -2.53. The lowest BCUT2D eigenvalue weighted by Gasteiger charge is -1.97. The highest BCUT2D eigenvalue weighted by molar-refractivity contribution is 5.80. The van der Waals surface area contributed by atoms with Crippen LogP contribution in [0.4, 0.5) is 0 Å². The predicted molar refractivity (Wildman–Crippen MR) is 35.0 cm³/mol. The maximum atomic E-state index is 9.94. The van der Waals surface area contributed by atoms with E-state index in [1.54, 1.807) is 0 Å². The van der Waals surface area contributed by atoms with E-state index in [1.165, 1.54) is 0 Å².